The van der Waals surface area contributed by atoms with Crippen molar-refractivity contribution < 1.29 is 0 Å². The highest BCUT2D eigenvalue weighted by molar-refractivity contribution is 7.08. The largest absolute Gasteiger partial charge is 0.355 e. The van der Waals surface area contributed by atoms with Crippen LogP contribution in [0.3, 0.4) is 0 Å². The lowest BCUT2D eigenvalue weighted by molar-refractivity contribution is 1.07. The number of rotatable bonds is 2. The third-order valence-corrected chi connectivity index (χ3v) is 3.24. The highest BCUT2D eigenvalue weighted by Crippen LogP contribution is 2.23. The van der Waals surface area contributed by atoms with E-state index in [2.05, 4.69) is 50.5 Å². The zero-order valence-corrected chi connectivity index (χ0v) is 9.64. The van der Waals surface area contributed by atoms with Crippen LogP contribution >= 0.6 is 11.3 Å². The SMILES string of the molecule is Cc1[nH]nc2cc(Nc3ccsc3)ccc12. The summed E-state index contributed by atoms with van der Waals surface area (Å²) in [7, 11) is 0. The molecule has 80 valence electrons. The Bertz CT molecular complexity index is 610. The molecule has 2 N–H and O–H groups in total. The molecular weight excluding hydrogens is 218 g/mol. The van der Waals surface area contributed by atoms with Gasteiger partial charge in [0.15, 0.2) is 0 Å². The first kappa shape index (κ1) is 9.42. The Morgan fingerprint density at radius 2 is 2.19 bits per heavy atom. The molecule has 2 heterocycles. The summed E-state index contributed by atoms with van der Waals surface area (Å²) in [6.45, 7) is 2.03. The number of aromatic amines is 1. The van der Waals surface area contributed by atoms with Crippen molar-refractivity contribution in [3.05, 3.63) is 40.7 Å². The molecule has 3 rings (SSSR count). The van der Waals surface area contributed by atoms with Crippen LogP contribution in [0.15, 0.2) is 35.0 Å². The summed E-state index contributed by atoms with van der Waals surface area (Å²) in [5, 5.41) is 15.9. The summed E-state index contributed by atoms with van der Waals surface area (Å²) in [4.78, 5) is 0. The van der Waals surface area contributed by atoms with Gasteiger partial charge in [-0.3, -0.25) is 5.10 Å². The van der Waals surface area contributed by atoms with Crippen LogP contribution in [-0.2, 0) is 0 Å². The first-order chi connectivity index (χ1) is 7.83. The van der Waals surface area contributed by atoms with Crippen LogP contribution in [0.1, 0.15) is 5.69 Å². The van der Waals surface area contributed by atoms with Gasteiger partial charge in [0, 0.05) is 27.8 Å². The van der Waals surface area contributed by atoms with E-state index in [-0.39, 0.29) is 0 Å². The van der Waals surface area contributed by atoms with Crippen molar-refractivity contribution in [3.8, 4) is 0 Å². The third-order valence-electron chi connectivity index (χ3n) is 2.56. The number of fused-ring (bicyclic) bond motifs is 1. The molecule has 0 spiro atoms. The number of hydrogen-bond donors (Lipinski definition) is 2. The average molecular weight is 229 g/mol. The Labute approximate surface area is 97.1 Å². The van der Waals surface area contributed by atoms with E-state index >= 15 is 0 Å². The molecule has 0 atom stereocenters. The smallest absolute Gasteiger partial charge is 0.0944 e. The molecule has 3 nitrogen and oxygen atoms in total. The van der Waals surface area contributed by atoms with E-state index in [0.29, 0.717) is 0 Å². The number of aromatic nitrogens is 2. The Morgan fingerprint density at radius 3 is 3.00 bits per heavy atom. The summed E-state index contributed by atoms with van der Waals surface area (Å²) >= 11 is 1.68. The number of nitrogens with one attached hydrogen (secondary N) is 2. The van der Waals surface area contributed by atoms with Gasteiger partial charge >= 0.3 is 0 Å². The molecule has 0 saturated carbocycles. The van der Waals surface area contributed by atoms with E-state index in [1.165, 1.54) is 5.39 Å². The lowest BCUT2D eigenvalue weighted by atomic mass is 10.2. The maximum atomic E-state index is 4.25. The number of nitrogens with zero attached hydrogens (tertiary/aromatic N) is 1. The third kappa shape index (κ3) is 1.57. The van der Waals surface area contributed by atoms with Gasteiger partial charge in [0.2, 0.25) is 0 Å². The fourth-order valence-electron chi connectivity index (χ4n) is 1.73. The molecule has 0 unspecified atom stereocenters. The van der Waals surface area contributed by atoms with Crippen molar-refractivity contribution in [1.29, 1.82) is 0 Å². The minimum atomic E-state index is 0.998. The molecule has 0 bridgehead atoms. The Hall–Kier alpha value is -1.81. The highest BCUT2D eigenvalue weighted by atomic mass is 32.1. The molecular formula is C12H11N3S. The summed E-state index contributed by atoms with van der Waals surface area (Å²) in [5.41, 5.74) is 4.30. The lowest BCUT2D eigenvalue weighted by Gasteiger charge is -2.03. The van der Waals surface area contributed by atoms with Gasteiger partial charge in [0.1, 0.15) is 0 Å². The standard InChI is InChI=1S/C12H11N3S/c1-8-11-3-2-9(6-12(11)15-14-8)13-10-4-5-16-7-10/h2-7,13H,1H3,(H,14,15). The number of aryl methyl sites for hydroxylation is 1. The van der Waals surface area contributed by atoms with Crippen LogP contribution in [0, 0.1) is 6.92 Å². The van der Waals surface area contributed by atoms with Gasteiger partial charge in [0.05, 0.1) is 5.52 Å². The summed E-state index contributed by atoms with van der Waals surface area (Å²) in [6, 6.07) is 8.27. The zero-order valence-electron chi connectivity index (χ0n) is 8.82. The van der Waals surface area contributed by atoms with Crippen LogP contribution < -0.4 is 5.32 Å². The molecule has 0 fully saturated rings. The summed E-state index contributed by atoms with van der Waals surface area (Å²) < 4.78 is 0. The average Bonchev–Trinajstić information content (AvgIpc) is 2.90. The van der Waals surface area contributed by atoms with E-state index in [9.17, 15) is 0 Å². The first-order valence-electron chi connectivity index (χ1n) is 5.07. The second-order valence-corrected chi connectivity index (χ2v) is 4.50. The Kier molecular flexibility index (Phi) is 2.15. The maximum absolute atomic E-state index is 4.25. The Morgan fingerprint density at radius 1 is 1.25 bits per heavy atom. The number of H-pyrrole nitrogens is 1. The number of thiophene rings is 1. The molecule has 2 aromatic heterocycles. The Balaban J connectivity index is 1.99. The van der Waals surface area contributed by atoms with E-state index in [4.69, 9.17) is 0 Å². The van der Waals surface area contributed by atoms with Gasteiger partial charge < -0.3 is 5.32 Å². The van der Waals surface area contributed by atoms with Crippen LogP contribution in [0.25, 0.3) is 10.9 Å². The van der Waals surface area contributed by atoms with E-state index < -0.39 is 0 Å². The van der Waals surface area contributed by atoms with Crippen molar-refractivity contribution in [2.24, 2.45) is 0 Å². The number of anilines is 2. The van der Waals surface area contributed by atoms with Crippen molar-refractivity contribution >= 4 is 33.6 Å². The predicted octanol–water partition coefficient (Wildman–Crippen LogP) is 3.68. The molecule has 0 aliphatic rings. The van der Waals surface area contributed by atoms with E-state index in [1.807, 2.05) is 6.92 Å². The second kappa shape index (κ2) is 3.64. The van der Waals surface area contributed by atoms with Gasteiger partial charge in [-0.1, -0.05) is 0 Å². The van der Waals surface area contributed by atoms with Crippen molar-refractivity contribution in [2.45, 2.75) is 6.92 Å². The van der Waals surface area contributed by atoms with E-state index in [0.717, 1.165) is 22.6 Å². The number of benzene rings is 1. The first-order valence-corrected chi connectivity index (χ1v) is 6.01. The van der Waals surface area contributed by atoms with E-state index in [1.54, 1.807) is 11.3 Å². The van der Waals surface area contributed by atoms with Gasteiger partial charge in [-0.05, 0) is 36.6 Å². The molecule has 3 aromatic rings. The monoisotopic (exact) mass is 229 g/mol. The van der Waals surface area contributed by atoms with Crippen molar-refractivity contribution in [2.75, 3.05) is 5.32 Å². The van der Waals surface area contributed by atoms with Crippen LogP contribution in [0.4, 0.5) is 11.4 Å². The molecule has 16 heavy (non-hydrogen) atoms. The minimum absolute atomic E-state index is 0.998. The number of hydrogen-bond acceptors (Lipinski definition) is 3. The van der Waals surface area contributed by atoms with Gasteiger partial charge in [-0.2, -0.15) is 16.4 Å². The minimum Gasteiger partial charge on any atom is -0.355 e. The summed E-state index contributed by atoms with van der Waals surface area (Å²) in [5.74, 6) is 0. The molecule has 0 saturated heterocycles. The topological polar surface area (TPSA) is 40.7 Å². The highest BCUT2D eigenvalue weighted by Gasteiger charge is 2.02. The fraction of sp³-hybridized carbons (Fsp3) is 0.0833. The second-order valence-electron chi connectivity index (χ2n) is 3.72. The van der Waals surface area contributed by atoms with Gasteiger partial charge in [-0.15, -0.1) is 0 Å². The molecule has 0 radical (unpaired) electrons. The van der Waals surface area contributed by atoms with Crippen molar-refractivity contribution in [1.82, 2.24) is 10.2 Å². The van der Waals surface area contributed by atoms with Crippen LogP contribution in [0.2, 0.25) is 0 Å². The lowest BCUT2D eigenvalue weighted by Crippen LogP contribution is -1.87. The fourth-order valence-corrected chi connectivity index (χ4v) is 2.31. The molecule has 0 amide bonds. The normalized spacial score (nSPS) is 10.8. The molecule has 1 aromatic carbocycles. The van der Waals surface area contributed by atoms with Crippen LogP contribution in [0.5, 0.6) is 0 Å². The summed E-state index contributed by atoms with van der Waals surface area (Å²) in [6.07, 6.45) is 0. The van der Waals surface area contributed by atoms with Crippen LogP contribution in [-0.4, -0.2) is 10.2 Å². The van der Waals surface area contributed by atoms with Gasteiger partial charge in [0.25, 0.3) is 0 Å². The molecule has 0 aliphatic carbocycles. The quantitative estimate of drug-likeness (QED) is 0.703. The zero-order chi connectivity index (χ0) is 11.0. The van der Waals surface area contributed by atoms with Gasteiger partial charge in [-0.25, -0.2) is 0 Å². The predicted molar refractivity (Wildman–Crippen MR) is 68.4 cm³/mol. The molecule has 4 heteroatoms. The maximum Gasteiger partial charge on any atom is 0.0944 e. The van der Waals surface area contributed by atoms with Crippen molar-refractivity contribution in [3.63, 3.8) is 0 Å². The molecule has 0 aliphatic heterocycles.